The maximum absolute atomic E-state index is 13.9. The molecule has 0 spiro atoms. The molecule has 3 rings (SSSR count). The second kappa shape index (κ2) is 8.11. The number of hydrogen-bond donors (Lipinski definition) is 2. The van der Waals surface area contributed by atoms with Crippen molar-refractivity contribution in [3.8, 4) is 5.75 Å². The zero-order valence-corrected chi connectivity index (χ0v) is 14.3. The molecule has 1 saturated heterocycles. The Morgan fingerprint density at radius 1 is 1.36 bits per heavy atom. The molecule has 1 aromatic heterocycles. The van der Waals surface area contributed by atoms with Gasteiger partial charge in [-0.1, -0.05) is 6.07 Å². The van der Waals surface area contributed by atoms with E-state index >= 15 is 0 Å². The third kappa shape index (κ3) is 4.17. The first-order chi connectivity index (χ1) is 12.2. The number of anilines is 2. The van der Waals surface area contributed by atoms with Crippen LogP contribution in [0, 0.1) is 5.82 Å². The van der Waals surface area contributed by atoms with Gasteiger partial charge < -0.3 is 20.1 Å². The van der Waals surface area contributed by atoms with Gasteiger partial charge in [0.05, 0.1) is 19.3 Å². The lowest BCUT2D eigenvalue weighted by molar-refractivity contribution is 0.266. The molecular formula is C18H23FN4O2. The van der Waals surface area contributed by atoms with Gasteiger partial charge in [-0.25, -0.2) is 14.4 Å². The SMILES string of the molecule is CCOc1ccc(CNc2cc(N3CCC[C@@H]3CO)ncn2)cc1F. The van der Waals surface area contributed by atoms with Crippen molar-refractivity contribution in [3.05, 3.63) is 42.0 Å². The molecule has 0 amide bonds. The van der Waals surface area contributed by atoms with Crippen LogP contribution in [0.4, 0.5) is 16.0 Å². The zero-order chi connectivity index (χ0) is 17.6. The van der Waals surface area contributed by atoms with Crippen LogP contribution in [0.15, 0.2) is 30.6 Å². The summed E-state index contributed by atoms with van der Waals surface area (Å²) < 4.78 is 19.1. The fourth-order valence-corrected chi connectivity index (χ4v) is 3.05. The van der Waals surface area contributed by atoms with E-state index in [9.17, 15) is 9.50 Å². The molecule has 0 bridgehead atoms. The molecule has 0 aliphatic carbocycles. The fraction of sp³-hybridized carbons (Fsp3) is 0.444. The number of halogens is 1. The number of ether oxygens (including phenoxy) is 1. The lowest BCUT2D eigenvalue weighted by Crippen LogP contribution is -2.32. The summed E-state index contributed by atoms with van der Waals surface area (Å²) >= 11 is 0. The maximum Gasteiger partial charge on any atom is 0.165 e. The van der Waals surface area contributed by atoms with Crippen LogP contribution in [-0.2, 0) is 6.54 Å². The topological polar surface area (TPSA) is 70.5 Å². The maximum atomic E-state index is 13.9. The predicted octanol–water partition coefficient (Wildman–Crippen LogP) is 2.59. The van der Waals surface area contributed by atoms with E-state index in [1.165, 1.54) is 12.4 Å². The summed E-state index contributed by atoms with van der Waals surface area (Å²) in [6.07, 6.45) is 3.52. The number of hydrogen-bond acceptors (Lipinski definition) is 6. The molecule has 134 valence electrons. The molecule has 2 heterocycles. The van der Waals surface area contributed by atoms with E-state index in [1.807, 2.05) is 19.1 Å². The highest BCUT2D eigenvalue weighted by Crippen LogP contribution is 2.25. The minimum absolute atomic E-state index is 0.114. The Labute approximate surface area is 146 Å². The highest BCUT2D eigenvalue weighted by atomic mass is 19.1. The number of aliphatic hydroxyl groups is 1. The van der Waals surface area contributed by atoms with Crippen LogP contribution in [0.25, 0.3) is 0 Å². The van der Waals surface area contributed by atoms with Gasteiger partial charge in [-0.15, -0.1) is 0 Å². The van der Waals surface area contributed by atoms with Crippen molar-refractivity contribution >= 4 is 11.6 Å². The normalized spacial score (nSPS) is 16.9. The van der Waals surface area contributed by atoms with Crippen molar-refractivity contribution < 1.29 is 14.2 Å². The van der Waals surface area contributed by atoms with E-state index in [0.29, 0.717) is 19.0 Å². The molecule has 1 aliphatic heterocycles. The first-order valence-electron chi connectivity index (χ1n) is 8.56. The molecule has 0 saturated carbocycles. The molecule has 2 aromatic rings. The minimum Gasteiger partial charge on any atom is -0.491 e. The summed E-state index contributed by atoms with van der Waals surface area (Å²) in [5.41, 5.74) is 0.801. The molecule has 2 N–H and O–H groups in total. The van der Waals surface area contributed by atoms with Gasteiger partial charge in [-0.2, -0.15) is 0 Å². The number of aliphatic hydroxyl groups excluding tert-OH is 1. The second-order valence-electron chi connectivity index (χ2n) is 5.98. The third-order valence-electron chi connectivity index (χ3n) is 4.30. The summed E-state index contributed by atoms with van der Waals surface area (Å²) in [6.45, 7) is 3.71. The summed E-state index contributed by atoms with van der Waals surface area (Å²) in [5, 5.41) is 12.6. The highest BCUT2D eigenvalue weighted by Gasteiger charge is 2.25. The van der Waals surface area contributed by atoms with E-state index in [1.54, 1.807) is 6.07 Å². The minimum atomic E-state index is -0.368. The lowest BCUT2D eigenvalue weighted by atomic mass is 10.2. The largest absolute Gasteiger partial charge is 0.491 e. The van der Waals surface area contributed by atoms with Gasteiger partial charge in [0.1, 0.15) is 18.0 Å². The Morgan fingerprint density at radius 3 is 3.00 bits per heavy atom. The van der Waals surface area contributed by atoms with Gasteiger partial charge in [0.25, 0.3) is 0 Å². The van der Waals surface area contributed by atoms with Crippen molar-refractivity contribution in [2.45, 2.75) is 32.4 Å². The Bertz CT molecular complexity index is 713. The molecule has 0 radical (unpaired) electrons. The molecule has 0 unspecified atom stereocenters. The molecule has 1 fully saturated rings. The molecule has 1 aliphatic rings. The van der Waals surface area contributed by atoms with E-state index in [-0.39, 0.29) is 24.2 Å². The Balaban J connectivity index is 1.65. The summed E-state index contributed by atoms with van der Waals surface area (Å²) in [6, 6.07) is 6.90. The van der Waals surface area contributed by atoms with Crippen LogP contribution >= 0.6 is 0 Å². The zero-order valence-electron chi connectivity index (χ0n) is 14.3. The summed E-state index contributed by atoms with van der Waals surface area (Å²) in [7, 11) is 0. The third-order valence-corrected chi connectivity index (χ3v) is 4.30. The van der Waals surface area contributed by atoms with Crippen LogP contribution in [0.3, 0.4) is 0 Å². The summed E-state index contributed by atoms with van der Waals surface area (Å²) in [4.78, 5) is 10.6. The first kappa shape index (κ1) is 17.4. The first-order valence-corrected chi connectivity index (χ1v) is 8.56. The van der Waals surface area contributed by atoms with Gasteiger partial charge in [0, 0.05) is 19.2 Å². The second-order valence-corrected chi connectivity index (χ2v) is 5.98. The Hall–Kier alpha value is -2.41. The molecular weight excluding hydrogens is 323 g/mol. The average molecular weight is 346 g/mol. The lowest BCUT2D eigenvalue weighted by Gasteiger charge is -2.24. The number of benzene rings is 1. The number of aromatic nitrogens is 2. The van der Waals surface area contributed by atoms with Gasteiger partial charge >= 0.3 is 0 Å². The highest BCUT2D eigenvalue weighted by molar-refractivity contribution is 5.50. The van der Waals surface area contributed by atoms with Gasteiger partial charge in [0.15, 0.2) is 11.6 Å². The Morgan fingerprint density at radius 2 is 2.24 bits per heavy atom. The van der Waals surface area contributed by atoms with E-state index < -0.39 is 0 Å². The summed E-state index contributed by atoms with van der Waals surface area (Å²) in [5.74, 6) is 1.36. The van der Waals surface area contributed by atoms with Crippen LogP contribution in [0.2, 0.25) is 0 Å². The van der Waals surface area contributed by atoms with Crippen molar-refractivity contribution in [2.24, 2.45) is 0 Å². The molecule has 1 aromatic carbocycles. The van der Waals surface area contributed by atoms with Crippen LogP contribution < -0.4 is 15.0 Å². The smallest absolute Gasteiger partial charge is 0.165 e. The van der Waals surface area contributed by atoms with Crippen molar-refractivity contribution in [2.75, 3.05) is 30.0 Å². The van der Waals surface area contributed by atoms with Gasteiger partial charge in [-0.3, -0.25) is 0 Å². The van der Waals surface area contributed by atoms with Gasteiger partial charge in [-0.05, 0) is 37.5 Å². The molecule has 7 heteroatoms. The molecule has 25 heavy (non-hydrogen) atoms. The van der Waals surface area contributed by atoms with E-state index in [2.05, 4.69) is 20.2 Å². The number of nitrogens with zero attached hydrogens (tertiary/aromatic N) is 3. The predicted molar refractivity (Wildman–Crippen MR) is 94.4 cm³/mol. The van der Waals surface area contributed by atoms with Crippen molar-refractivity contribution in [3.63, 3.8) is 0 Å². The van der Waals surface area contributed by atoms with Crippen LogP contribution in [0.5, 0.6) is 5.75 Å². The monoisotopic (exact) mass is 346 g/mol. The van der Waals surface area contributed by atoms with E-state index in [4.69, 9.17) is 4.74 Å². The van der Waals surface area contributed by atoms with Crippen LogP contribution in [-0.4, -0.2) is 40.9 Å². The molecule has 1 atom stereocenters. The number of rotatable bonds is 7. The van der Waals surface area contributed by atoms with Crippen LogP contribution in [0.1, 0.15) is 25.3 Å². The Kier molecular flexibility index (Phi) is 5.65. The average Bonchev–Trinajstić information content (AvgIpc) is 3.11. The standard InChI is InChI=1S/C18H23FN4O2/c1-2-25-16-6-5-13(8-15(16)19)10-20-17-9-18(22-12-21-17)23-7-3-4-14(23)11-24/h5-6,8-9,12,14,24H,2-4,7,10-11H2,1H3,(H,20,21,22)/t14-/m1/s1. The van der Waals surface area contributed by atoms with E-state index in [0.717, 1.165) is 30.8 Å². The number of nitrogens with one attached hydrogen (secondary N) is 1. The van der Waals surface area contributed by atoms with Crippen molar-refractivity contribution in [1.29, 1.82) is 0 Å². The quantitative estimate of drug-likeness (QED) is 0.803. The fourth-order valence-electron chi connectivity index (χ4n) is 3.05. The molecule has 6 nitrogen and oxygen atoms in total. The van der Waals surface area contributed by atoms with Gasteiger partial charge in [0.2, 0.25) is 0 Å². The van der Waals surface area contributed by atoms with Crippen molar-refractivity contribution in [1.82, 2.24) is 9.97 Å².